The van der Waals surface area contributed by atoms with E-state index in [1.165, 1.54) is 0 Å². The molecule has 1 N–H and O–H groups in total. The zero-order chi connectivity index (χ0) is 13.8. The van der Waals surface area contributed by atoms with E-state index in [1.54, 1.807) is 14.2 Å². The maximum Gasteiger partial charge on any atom is 0.304 e. The summed E-state index contributed by atoms with van der Waals surface area (Å²) in [5.41, 5.74) is 1.47. The fourth-order valence-corrected chi connectivity index (χ4v) is 1.92. The molecule has 0 unspecified atom stereocenters. The van der Waals surface area contributed by atoms with Gasteiger partial charge in [-0.25, -0.2) is 0 Å². The Labute approximate surface area is 108 Å². The first-order valence-electron chi connectivity index (χ1n) is 5.79. The van der Waals surface area contributed by atoms with Gasteiger partial charge in [0.05, 0.1) is 20.1 Å². The molecule has 1 aromatic rings. The van der Waals surface area contributed by atoms with Gasteiger partial charge in [-0.1, -0.05) is 26.0 Å². The fraction of sp³-hybridized carbons (Fsp3) is 0.500. The molecule has 0 amide bonds. The van der Waals surface area contributed by atoms with Crippen LogP contribution in [0.5, 0.6) is 5.75 Å². The van der Waals surface area contributed by atoms with Crippen LogP contribution in [0.25, 0.3) is 0 Å². The summed E-state index contributed by atoms with van der Waals surface area (Å²) in [4.78, 5) is 10.9. The number of ether oxygens (including phenoxy) is 2. The molecule has 0 aromatic heterocycles. The Hall–Kier alpha value is -1.55. The minimum Gasteiger partial charge on any atom is -0.496 e. The lowest BCUT2D eigenvalue weighted by Gasteiger charge is -2.24. The zero-order valence-corrected chi connectivity index (χ0v) is 11.3. The topological polar surface area (TPSA) is 55.8 Å². The van der Waals surface area contributed by atoms with Gasteiger partial charge in [-0.15, -0.1) is 0 Å². The molecule has 0 saturated heterocycles. The van der Waals surface area contributed by atoms with Crippen molar-refractivity contribution in [2.24, 2.45) is 0 Å². The van der Waals surface area contributed by atoms with Gasteiger partial charge in [0, 0.05) is 18.1 Å². The van der Waals surface area contributed by atoms with Crippen molar-refractivity contribution in [3.63, 3.8) is 0 Å². The Morgan fingerprint density at radius 1 is 1.33 bits per heavy atom. The fourth-order valence-electron chi connectivity index (χ4n) is 1.92. The molecule has 4 heteroatoms. The van der Waals surface area contributed by atoms with E-state index >= 15 is 0 Å². The molecule has 18 heavy (non-hydrogen) atoms. The van der Waals surface area contributed by atoms with Crippen LogP contribution in [0.2, 0.25) is 0 Å². The molecule has 0 aliphatic rings. The summed E-state index contributed by atoms with van der Waals surface area (Å²) in [5.74, 6) is -0.0762. The Bertz CT molecular complexity index is 424. The molecule has 0 aliphatic heterocycles. The third-order valence-electron chi connectivity index (χ3n) is 2.96. The van der Waals surface area contributed by atoms with E-state index in [2.05, 4.69) is 0 Å². The van der Waals surface area contributed by atoms with Crippen molar-refractivity contribution in [3.8, 4) is 5.75 Å². The van der Waals surface area contributed by atoms with Crippen molar-refractivity contribution < 1.29 is 19.4 Å². The van der Waals surface area contributed by atoms with Gasteiger partial charge in [-0.3, -0.25) is 4.79 Å². The van der Waals surface area contributed by atoms with E-state index in [9.17, 15) is 4.79 Å². The maximum atomic E-state index is 10.9. The number of carboxylic acids is 1. The summed E-state index contributed by atoms with van der Waals surface area (Å²) >= 11 is 0. The van der Waals surface area contributed by atoms with Gasteiger partial charge in [-0.2, -0.15) is 0 Å². The van der Waals surface area contributed by atoms with Crippen LogP contribution >= 0.6 is 0 Å². The molecular weight excluding hydrogens is 232 g/mol. The zero-order valence-electron chi connectivity index (χ0n) is 11.3. The molecule has 0 saturated carbocycles. The first-order valence-corrected chi connectivity index (χ1v) is 5.79. The predicted molar refractivity (Wildman–Crippen MR) is 69.0 cm³/mol. The van der Waals surface area contributed by atoms with Gasteiger partial charge in [0.1, 0.15) is 5.75 Å². The largest absolute Gasteiger partial charge is 0.496 e. The molecule has 0 atom stereocenters. The molecule has 0 spiro atoms. The molecule has 1 aromatic carbocycles. The van der Waals surface area contributed by atoms with E-state index in [0.29, 0.717) is 6.61 Å². The Balaban J connectivity index is 3.07. The van der Waals surface area contributed by atoms with Crippen molar-refractivity contribution >= 4 is 5.97 Å². The summed E-state index contributed by atoms with van der Waals surface area (Å²) in [6.45, 7) is 4.29. The van der Waals surface area contributed by atoms with Crippen LogP contribution in [0.15, 0.2) is 18.2 Å². The number of benzene rings is 1. The van der Waals surface area contributed by atoms with E-state index in [0.717, 1.165) is 16.9 Å². The molecule has 1 rings (SSSR count). The molecule has 4 nitrogen and oxygen atoms in total. The summed E-state index contributed by atoms with van der Waals surface area (Å²) in [7, 11) is 3.23. The van der Waals surface area contributed by atoms with E-state index in [-0.39, 0.29) is 6.42 Å². The highest BCUT2D eigenvalue weighted by atomic mass is 16.5. The highest BCUT2D eigenvalue weighted by Crippen LogP contribution is 2.31. The smallest absolute Gasteiger partial charge is 0.304 e. The van der Waals surface area contributed by atoms with Gasteiger partial charge in [0.15, 0.2) is 0 Å². The number of carbonyl (C=O) groups is 1. The molecule has 0 radical (unpaired) electrons. The summed E-state index contributed by atoms with van der Waals surface area (Å²) in [5, 5.41) is 8.92. The predicted octanol–water partition coefficient (Wildman–Crippen LogP) is 2.59. The van der Waals surface area contributed by atoms with Crippen molar-refractivity contribution in [1.29, 1.82) is 0 Å². The number of hydrogen-bond donors (Lipinski definition) is 1. The normalized spacial score (nSPS) is 11.3. The van der Waals surface area contributed by atoms with Gasteiger partial charge in [0.2, 0.25) is 0 Å². The minimum absolute atomic E-state index is 0.0831. The highest BCUT2D eigenvalue weighted by Gasteiger charge is 2.25. The molecule has 0 fully saturated rings. The van der Waals surface area contributed by atoms with Crippen molar-refractivity contribution in [3.05, 3.63) is 29.3 Å². The first kappa shape index (κ1) is 14.5. The van der Waals surface area contributed by atoms with E-state index in [4.69, 9.17) is 14.6 Å². The van der Waals surface area contributed by atoms with Crippen molar-refractivity contribution in [1.82, 2.24) is 0 Å². The number of carboxylic acid groups (broad SMARTS) is 1. The van der Waals surface area contributed by atoms with Crippen LogP contribution in [0.4, 0.5) is 0 Å². The second-order valence-electron chi connectivity index (χ2n) is 4.91. The Morgan fingerprint density at radius 3 is 2.50 bits per heavy atom. The van der Waals surface area contributed by atoms with Crippen molar-refractivity contribution in [2.75, 3.05) is 14.2 Å². The van der Waals surface area contributed by atoms with Crippen LogP contribution in [0.1, 0.15) is 31.4 Å². The standard InChI is InChI=1S/C14H20O4/c1-14(2,8-13(15)16)11-6-5-10(9-17-3)12(7-11)18-4/h5-7H,8-9H2,1-4H3,(H,15,16). The van der Waals surface area contributed by atoms with E-state index < -0.39 is 11.4 Å². The van der Waals surface area contributed by atoms with Crippen LogP contribution in [0.3, 0.4) is 0 Å². The lowest BCUT2D eigenvalue weighted by Crippen LogP contribution is -2.21. The third kappa shape index (κ3) is 3.47. The van der Waals surface area contributed by atoms with Crippen LogP contribution in [-0.2, 0) is 21.6 Å². The van der Waals surface area contributed by atoms with Gasteiger partial charge in [0.25, 0.3) is 0 Å². The number of rotatable bonds is 6. The SMILES string of the molecule is COCc1ccc(C(C)(C)CC(=O)O)cc1OC. The number of methoxy groups -OCH3 is 2. The molecule has 0 heterocycles. The first-order chi connectivity index (χ1) is 8.40. The van der Waals surface area contributed by atoms with E-state index in [1.807, 2.05) is 32.0 Å². The van der Waals surface area contributed by atoms with Gasteiger partial charge < -0.3 is 14.6 Å². The van der Waals surface area contributed by atoms with Crippen LogP contribution in [0, 0.1) is 0 Å². The average molecular weight is 252 g/mol. The lowest BCUT2D eigenvalue weighted by atomic mass is 9.81. The monoisotopic (exact) mass is 252 g/mol. The highest BCUT2D eigenvalue weighted by molar-refractivity contribution is 5.69. The lowest BCUT2D eigenvalue weighted by molar-refractivity contribution is -0.138. The maximum absolute atomic E-state index is 10.9. The second kappa shape index (κ2) is 5.87. The summed E-state index contributed by atoms with van der Waals surface area (Å²) in [6.07, 6.45) is 0.0831. The Morgan fingerprint density at radius 2 is 2.00 bits per heavy atom. The van der Waals surface area contributed by atoms with Crippen molar-refractivity contribution in [2.45, 2.75) is 32.3 Å². The third-order valence-corrected chi connectivity index (χ3v) is 2.96. The average Bonchev–Trinajstić information content (AvgIpc) is 2.28. The molecule has 100 valence electrons. The molecular formula is C14H20O4. The second-order valence-corrected chi connectivity index (χ2v) is 4.91. The summed E-state index contributed by atoms with van der Waals surface area (Å²) < 4.78 is 10.4. The Kier molecular flexibility index (Phi) is 4.73. The minimum atomic E-state index is -0.806. The van der Waals surface area contributed by atoms with Crippen LogP contribution < -0.4 is 4.74 Å². The molecule has 0 aliphatic carbocycles. The quantitative estimate of drug-likeness (QED) is 0.845. The van der Waals surface area contributed by atoms with Gasteiger partial charge >= 0.3 is 5.97 Å². The number of aliphatic carboxylic acids is 1. The number of hydrogen-bond acceptors (Lipinski definition) is 3. The molecule has 0 bridgehead atoms. The van der Waals surface area contributed by atoms with Gasteiger partial charge in [-0.05, 0) is 11.6 Å². The van der Waals surface area contributed by atoms with Crippen LogP contribution in [-0.4, -0.2) is 25.3 Å². The summed E-state index contributed by atoms with van der Waals surface area (Å²) in [6, 6.07) is 5.73.